The molecule has 1 aromatic heterocycles. The topological polar surface area (TPSA) is 42.4 Å². The first-order valence-corrected chi connectivity index (χ1v) is 8.67. The third kappa shape index (κ3) is 3.08. The van der Waals surface area contributed by atoms with Crippen LogP contribution in [-0.2, 0) is 13.0 Å². The summed E-state index contributed by atoms with van der Waals surface area (Å²) in [5, 5.41) is 0.722. The second-order valence-corrected chi connectivity index (χ2v) is 7.13. The van der Waals surface area contributed by atoms with E-state index in [-0.39, 0.29) is 24.1 Å². The molecule has 0 atom stereocenters. The molecule has 1 aliphatic carbocycles. The van der Waals surface area contributed by atoms with Gasteiger partial charge in [-0.15, -0.1) is 11.3 Å². The molecular formula is C17H17FN2O2S. The van der Waals surface area contributed by atoms with Crippen molar-refractivity contribution in [1.29, 1.82) is 0 Å². The van der Waals surface area contributed by atoms with Crippen molar-refractivity contribution in [2.45, 2.75) is 25.9 Å². The van der Waals surface area contributed by atoms with E-state index < -0.39 is 0 Å². The fourth-order valence-corrected chi connectivity index (χ4v) is 3.76. The Balaban J connectivity index is 1.46. The van der Waals surface area contributed by atoms with Crippen molar-refractivity contribution in [3.05, 3.63) is 45.7 Å². The highest BCUT2D eigenvalue weighted by Gasteiger charge is 2.32. The quantitative estimate of drug-likeness (QED) is 0.844. The summed E-state index contributed by atoms with van der Waals surface area (Å²) in [6, 6.07) is 6.30. The van der Waals surface area contributed by atoms with Gasteiger partial charge in [-0.25, -0.2) is 9.37 Å². The average molecular weight is 332 g/mol. The van der Waals surface area contributed by atoms with E-state index in [2.05, 4.69) is 4.98 Å². The summed E-state index contributed by atoms with van der Waals surface area (Å²) in [6.07, 6.45) is 3.27. The molecule has 0 N–H and O–H groups in total. The normalized spacial score (nSPS) is 17.3. The smallest absolute Gasteiger partial charge is 0.265 e. The number of rotatable bonds is 5. The first-order valence-electron chi connectivity index (χ1n) is 7.86. The fraction of sp³-hybridized carbons (Fsp3) is 0.412. The standard InChI is InChI=1S/C17H17FN2O2S/c18-12-3-1-2-4-14(12)22-10-15-19-13-7-8-20(9-11-5-6-11)17(21)16(13)23-15/h1-4,11H,5-10H2. The Morgan fingerprint density at radius 2 is 2.17 bits per heavy atom. The predicted octanol–water partition coefficient (Wildman–Crippen LogP) is 3.27. The molecule has 0 saturated heterocycles. The zero-order valence-electron chi connectivity index (χ0n) is 12.6. The number of fused-ring (bicyclic) bond motifs is 1. The molecule has 6 heteroatoms. The Morgan fingerprint density at radius 3 is 2.96 bits per heavy atom. The van der Waals surface area contributed by atoms with Crippen LogP contribution in [-0.4, -0.2) is 28.9 Å². The van der Waals surface area contributed by atoms with Crippen LogP contribution in [0.2, 0.25) is 0 Å². The zero-order chi connectivity index (χ0) is 15.8. The van der Waals surface area contributed by atoms with Crippen molar-refractivity contribution in [3.8, 4) is 5.75 Å². The van der Waals surface area contributed by atoms with Crippen LogP contribution in [0, 0.1) is 11.7 Å². The summed E-state index contributed by atoms with van der Waals surface area (Å²) in [6.45, 7) is 1.81. The average Bonchev–Trinajstić information content (AvgIpc) is 3.26. The molecular weight excluding hydrogens is 315 g/mol. The van der Waals surface area contributed by atoms with E-state index in [1.54, 1.807) is 18.2 Å². The van der Waals surface area contributed by atoms with Crippen LogP contribution >= 0.6 is 11.3 Å². The van der Waals surface area contributed by atoms with Crippen LogP contribution in [0.25, 0.3) is 0 Å². The molecule has 1 aliphatic heterocycles. The number of hydrogen-bond acceptors (Lipinski definition) is 4. The maximum absolute atomic E-state index is 13.6. The van der Waals surface area contributed by atoms with Gasteiger partial charge >= 0.3 is 0 Å². The van der Waals surface area contributed by atoms with E-state index in [9.17, 15) is 9.18 Å². The molecule has 4 rings (SSSR count). The number of ether oxygens (including phenoxy) is 1. The minimum atomic E-state index is -0.388. The van der Waals surface area contributed by atoms with Gasteiger partial charge < -0.3 is 9.64 Å². The van der Waals surface area contributed by atoms with Crippen molar-refractivity contribution < 1.29 is 13.9 Å². The molecule has 120 valence electrons. The van der Waals surface area contributed by atoms with Crippen LogP contribution in [0.3, 0.4) is 0 Å². The van der Waals surface area contributed by atoms with Gasteiger partial charge in [-0.1, -0.05) is 12.1 Å². The Hall–Kier alpha value is -1.95. The minimum absolute atomic E-state index is 0.0905. The van der Waals surface area contributed by atoms with Crippen LogP contribution in [0.15, 0.2) is 24.3 Å². The highest BCUT2D eigenvalue weighted by molar-refractivity contribution is 7.13. The number of nitrogens with zero attached hydrogens (tertiary/aromatic N) is 2. The molecule has 0 unspecified atom stereocenters. The Morgan fingerprint density at radius 1 is 1.35 bits per heavy atom. The first kappa shape index (κ1) is 14.6. The van der Waals surface area contributed by atoms with Crippen molar-refractivity contribution >= 4 is 17.2 Å². The third-order valence-electron chi connectivity index (χ3n) is 4.20. The van der Waals surface area contributed by atoms with Crippen LogP contribution in [0.5, 0.6) is 5.75 Å². The van der Waals surface area contributed by atoms with E-state index in [4.69, 9.17) is 4.74 Å². The van der Waals surface area contributed by atoms with Crippen LogP contribution in [0.1, 0.15) is 33.2 Å². The SMILES string of the molecule is O=C1c2sc(COc3ccccc3F)nc2CCN1CC1CC1. The molecule has 1 amide bonds. The maximum atomic E-state index is 13.6. The number of thiazole rings is 1. The number of carbonyl (C=O) groups excluding carboxylic acids is 1. The lowest BCUT2D eigenvalue weighted by Crippen LogP contribution is -2.38. The fourth-order valence-electron chi connectivity index (χ4n) is 2.77. The van der Waals surface area contributed by atoms with Crippen molar-refractivity contribution in [2.24, 2.45) is 5.92 Å². The second kappa shape index (κ2) is 5.92. The van der Waals surface area contributed by atoms with Gasteiger partial charge in [0.2, 0.25) is 0 Å². The summed E-state index contributed by atoms with van der Waals surface area (Å²) in [5.74, 6) is 0.605. The number of para-hydroxylation sites is 1. The van der Waals surface area contributed by atoms with Gasteiger partial charge in [0.05, 0.1) is 5.69 Å². The van der Waals surface area contributed by atoms with Crippen molar-refractivity contribution in [3.63, 3.8) is 0 Å². The Labute approximate surface area is 137 Å². The van der Waals surface area contributed by atoms with Crippen LogP contribution in [0.4, 0.5) is 4.39 Å². The van der Waals surface area contributed by atoms with Gasteiger partial charge in [0.15, 0.2) is 11.6 Å². The van der Waals surface area contributed by atoms with Gasteiger partial charge in [-0.05, 0) is 30.9 Å². The molecule has 23 heavy (non-hydrogen) atoms. The van der Waals surface area contributed by atoms with Crippen molar-refractivity contribution in [2.75, 3.05) is 13.1 Å². The molecule has 2 heterocycles. The minimum Gasteiger partial charge on any atom is -0.483 e. The number of halogens is 1. The molecule has 2 aliphatic rings. The molecule has 2 aromatic rings. The molecule has 4 nitrogen and oxygen atoms in total. The highest BCUT2D eigenvalue weighted by Crippen LogP contribution is 2.33. The number of carbonyl (C=O) groups is 1. The summed E-state index contributed by atoms with van der Waals surface area (Å²) in [4.78, 5) is 19.7. The van der Waals surface area contributed by atoms with E-state index in [0.29, 0.717) is 5.92 Å². The number of amides is 1. The Bertz CT molecular complexity index is 742. The molecule has 0 bridgehead atoms. The molecule has 0 radical (unpaired) electrons. The second-order valence-electron chi connectivity index (χ2n) is 6.05. The van der Waals surface area contributed by atoms with E-state index in [1.165, 1.54) is 30.2 Å². The molecule has 1 fully saturated rings. The zero-order valence-corrected chi connectivity index (χ0v) is 13.4. The molecule has 1 saturated carbocycles. The summed E-state index contributed by atoms with van der Waals surface area (Å²) in [5.41, 5.74) is 0.860. The lowest BCUT2D eigenvalue weighted by molar-refractivity contribution is 0.0736. The summed E-state index contributed by atoms with van der Waals surface area (Å²) in [7, 11) is 0. The number of hydrogen-bond donors (Lipinski definition) is 0. The van der Waals surface area contributed by atoms with Gasteiger partial charge in [0.1, 0.15) is 16.5 Å². The van der Waals surface area contributed by atoms with Gasteiger partial charge in [-0.2, -0.15) is 0 Å². The van der Waals surface area contributed by atoms with E-state index in [0.717, 1.165) is 35.1 Å². The lowest BCUT2D eigenvalue weighted by Gasteiger charge is -2.25. The van der Waals surface area contributed by atoms with Gasteiger partial charge in [0, 0.05) is 19.5 Å². The molecule has 0 spiro atoms. The number of aromatic nitrogens is 1. The Kier molecular flexibility index (Phi) is 3.77. The summed E-state index contributed by atoms with van der Waals surface area (Å²) < 4.78 is 19.0. The maximum Gasteiger partial charge on any atom is 0.265 e. The highest BCUT2D eigenvalue weighted by atomic mass is 32.1. The van der Waals surface area contributed by atoms with Gasteiger partial charge in [0.25, 0.3) is 5.91 Å². The van der Waals surface area contributed by atoms with E-state index in [1.807, 2.05) is 4.90 Å². The van der Waals surface area contributed by atoms with Crippen LogP contribution < -0.4 is 4.74 Å². The summed E-state index contributed by atoms with van der Waals surface area (Å²) >= 11 is 1.37. The monoisotopic (exact) mass is 332 g/mol. The molecule has 1 aromatic carbocycles. The van der Waals surface area contributed by atoms with Crippen molar-refractivity contribution in [1.82, 2.24) is 9.88 Å². The predicted molar refractivity (Wildman–Crippen MR) is 85.2 cm³/mol. The third-order valence-corrected chi connectivity index (χ3v) is 5.26. The lowest BCUT2D eigenvalue weighted by atomic mass is 10.1. The largest absolute Gasteiger partial charge is 0.483 e. The first-order chi connectivity index (χ1) is 11.2. The number of benzene rings is 1. The van der Waals surface area contributed by atoms with Gasteiger partial charge in [-0.3, -0.25) is 4.79 Å². The van der Waals surface area contributed by atoms with E-state index >= 15 is 0 Å².